The van der Waals surface area contributed by atoms with E-state index in [1.54, 1.807) is 6.92 Å². The first kappa shape index (κ1) is 14.1. The van der Waals surface area contributed by atoms with Crippen LogP contribution in [0.15, 0.2) is 18.2 Å². The molecule has 1 unspecified atom stereocenters. The molecule has 0 fully saturated rings. The number of amides is 1. The molecule has 0 saturated carbocycles. The highest BCUT2D eigenvalue weighted by Gasteiger charge is 2.13. The van der Waals surface area contributed by atoms with E-state index in [-0.39, 0.29) is 17.6 Å². The topological polar surface area (TPSA) is 98.3 Å². The summed E-state index contributed by atoms with van der Waals surface area (Å²) in [6, 6.07) is 4.09. The number of nitro benzene ring substituents is 1. The van der Waals surface area contributed by atoms with Crippen LogP contribution in [0, 0.1) is 17.0 Å². The zero-order chi connectivity index (χ0) is 13.7. The SMILES string of the molecule is CCC(N)CNC(=O)c1ccc([N+](=O)[O-])cc1C. The van der Waals surface area contributed by atoms with Gasteiger partial charge in [0.05, 0.1) is 4.92 Å². The molecule has 0 saturated heterocycles. The number of aryl methyl sites for hydroxylation is 1. The first-order valence-electron chi connectivity index (χ1n) is 5.74. The molecule has 6 heteroatoms. The average molecular weight is 251 g/mol. The number of hydrogen-bond acceptors (Lipinski definition) is 4. The lowest BCUT2D eigenvalue weighted by molar-refractivity contribution is -0.384. The van der Waals surface area contributed by atoms with E-state index in [0.29, 0.717) is 17.7 Å². The highest BCUT2D eigenvalue weighted by Crippen LogP contribution is 2.16. The van der Waals surface area contributed by atoms with Gasteiger partial charge in [0.15, 0.2) is 0 Å². The van der Waals surface area contributed by atoms with Crippen molar-refractivity contribution in [1.82, 2.24) is 5.32 Å². The van der Waals surface area contributed by atoms with E-state index in [0.717, 1.165) is 6.42 Å². The minimum atomic E-state index is -0.484. The largest absolute Gasteiger partial charge is 0.350 e. The quantitative estimate of drug-likeness (QED) is 0.610. The molecule has 18 heavy (non-hydrogen) atoms. The molecular formula is C12H17N3O3. The normalized spacial score (nSPS) is 11.9. The van der Waals surface area contributed by atoms with Crippen molar-refractivity contribution in [3.05, 3.63) is 39.4 Å². The fourth-order valence-electron chi connectivity index (χ4n) is 1.48. The van der Waals surface area contributed by atoms with E-state index < -0.39 is 4.92 Å². The second-order valence-electron chi connectivity index (χ2n) is 4.13. The maximum Gasteiger partial charge on any atom is 0.269 e. The third-order valence-electron chi connectivity index (χ3n) is 2.71. The molecule has 1 aromatic carbocycles. The van der Waals surface area contributed by atoms with Gasteiger partial charge in [-0.2, -0.15) is 0 Å². The van der Waals surface area contributed by atoms with Crippen LogP contribution in [0.2, 0.25) is 0 Å². The van der Waals surface area contributed by atoms with Crippen molar-refractivity contribution < 1.29 is 9.72 Å². The Kier molecular flexibility index (Phi) is 4.79. The summed E-state index contributed by atoms with van der Waals surface area (Å²) in [5.41, 5.74) is 6.69. The molecule has 1 rings (SSSR count). The zero-order valence-electron chi connectivity index (χ0n) is 10.5. The molecule has 0 spiro atoms. The van der Waals surface area contributed by atoms with Crippen LogP contribution in [0.1, 0.15) is 29.3 Å². The highest BCUT2D eigenvalue weighted by molar-refractivity contribution is 5.95. The van der Waals surface area contributed by atoms with E-state index >= 15 is 0 Å². The molecule has 0 radical (unpaired) electrons. The Labute approximate surface area is 105 Å². The fourth-order valence-corrected chi connectivity index (χ4v) is 1.48. The van der Waals surface area contributed by atoms with Gasteiger partial charge in [0.25, 0.3) is 11.6 Å². The van der Waals surface area contributed by atoms with E-state index in [4.69, 9.17) is 5.73 Å². The number of rotatable bonds is 5. The second kappa shape index (κ2) is 6.11. The van der Waals surface area contributed by atoms with Crippen LogP contribution < -0.4 is 11.1 Å². The van der Waals surface area contributed by atoms with Crippen LogP contribution >= 0.6 is 0 Å². The van der Waals surface area contributed by atoms with Crippen molar-refractivity contribution in [3.8, 4) is 0 Å². The van der Waals surface area contributed by atoms with E-state index in [2.05, 4.69) is 5.32 Å². The second-order valence-corrected chi connectivity index (χ2v) is 4.13. The molecular weight excluding hydrogens is 234 g/mol. The molecule has 1 amide bonds. The third kappa shape index (κ3) is 3.53. The minimum Gasteiger partial charge on any atom is -0.350 e. The number of hydrogen-bond donors (Lipinski definition) is 2. The van der Waals surface area contributed by atoms with Gasteiger partial charge >= 0.3 is 0 Å². The van der Waals surface area contributed by atoms with E-state index in [1.807, 2.05) is 6.92 Å². The summed E-state index contributed by atoms with van der Waals surface area (Å²) in [6.45, 7) is 4.00. The summed E-state index contributed by atoms with van der Waals surface area (Å²) in [7, 11) is 0. The van der Waals surface area contributed by atoms with Gasteiger partial charge in [-0.3, -0.25) is 14.9 Å². The summed E-state index contributed by atoms with van der Waals surface area (Å²) in [5.74, 6) is -0.258. The number of nitrogens with two attached hydrogens (primary N) is 1. The summed E-state index contributed by atoms with van der Waals surface area (Å²) < 4.78 is 0. The van der Waals surface area contributed by atoms with Gasteiger partial charge in [0.2, 0.25) is 0 Å². The van der Waals surface area contributed by atoms with E-state index in [9.17, 15) is 14.9 Å². The number of nitrogens with one attached hydrogen (secondary N) is 1. The minimum absolute atomic E-state index is 0.0192. The zero-order valence-corrected chi connectivity index (χ0v) is 10.5. The first-order chi connectivity index (χ1) is 8.45. The maximum absolute atomic E-state index is 11.8. The van der Waals surface area contributed by atoms with Crippen LogP contribution in [0.3, 0.4) is 0 Å². The maximum atomic E-state index is 11.8. The molecule has 3 N–H and O–H groups in total. The van der Waals surface area contributed by atoms with Crippen molar-refractivity contribution >= 4 is 11.6 Å². The van der Waals surface area contributed by atoms with Crippen molar-refractivity contribution in [1.29, 1.82) is 0 Å². The monoisotopic (exact) mass is 251 g/mol. The standard InChI is InChI=1S/C12H17N3O3/c1-3-9(13)7-14-12(16)11-5-4-10(15(17)18)6-8(11)2/h4-6,9H,3,7,13H2,1-2H3,(H,14,16). The van der Waals surface area contributed by atoms with Gasteiger partial charge in [-0.25, -0.2) is 0 Å². The smallest absolute Gasteiger partial charge is 0.269 e. The van der Waals surface area contributed by atoms with Gasteiger partial charge in [0, 0.05) is 30.3 Å². The Hall–Kier alpha value is -1.95. The molecule has 0 heterocycles. The van der Waals surface area contributed by atoms with Crippen molar-refractivity contribution in [2.75, 3.05) is 6.54 Å². The molecule has 1 aromatic rings. The van der Waals surface area contributed by atoms with Gasteiger partial charge in [-0.1, -0.05) is 6.92 Å². The van der Waals surface area contributed by atoms with Crippen LogP contribution in [0.5, 0.6) is 0 Å². The fraction of sp³-hybridized carbons (Fsp3) is 0.417. The summed E-state index contributed by atoms with van der Waals surface area (Å²) >= 11 is 0. The molecule has 0 aromatic heterocycles. The number of carbonyl (C=O) groups excluding carboxylic acids is 1. The molecule has 0 aliphatic rings. The predicted octanol–water partition coefficient (Wildman–Crippen LogP) is 1.37. The van der Waals surface area contributed by atoms with E-state index in [1.165, 1.54) is 18.2 Å². The van der Waals surface area contributed by atoms with Gasteiger partial charge in [0.1, 0.15) is 0 Å². The molecule has 0 aliphatic carbocycles. The summed E-state index contributed by atoms with van der Waals surface area (Å²) in [6.07, 6.45) is 0.777. The number of benzene rings is 1. The number of non-ortho nitro benzene ring substituents is 1. The molecule has 1 atom stereocenters. The van der Waals surface area contributed by atoms with Crippen molar-refractivity contribution in [2.24, 2.45) is 5.73 Å². The van der Waals surface area contributed by atoms with Crippen molar-refractivity contribution in [2.45, 2.75) is 26.3 Å². The van der Waals surface area contributed by atoms with Gasteiger partial charge < -0.3 is 11.1 Å². The number of nitro groups is 1. The number of carbonyl (C=O) groups is 1. The lowest BCUT2D eigenvalue weighted by Gasteiger charge is -2.11. The van der Waals surface area contributed by atoms with Crippen LogP contribution in [-0.2, 0) is 0 Å². The molecule has 0 bridgehead atoms. The lowest BCUT2D eigenvalue weighted by atomic mass is 10.1. The van der Waals surface area contributed by atoms with Crippen LogP contribution in [0.25, 0.3) is 0 Å². The molecule has 6 nitrogen and oxygen atoms in total. The Bertz CT molecular complexity index is 460. The summed E-state index contributed by atoms with van der Waals surface area (Å²) in [4.78, 5) is 21.9. The molecule has 98 valence electrons. The molecule has 0 aliphatic heterocycles. The Morgan fingerprint density at radius 3 is 2.72 bits per heavy atom. The highest BCUT2D eigenvalue weighted by atomic mass is 16.6. The summed E-state index contributed by atoms with van der Waals surface area (Å²) in [5, 5.41) is 13.3. The Balaban J connectivity index is 2.78. The Morgan fingerprint density at radius 2 is 2.22 bits per heavy atom. The van der Waals surface area contributed by atoms with Gasteiger partial charge in [-0.05, 0) is 25.0 Å². The lowest BCUT2D eigenvalue weighted by Crippen LogP contribution is -2.36. The van der Waals surface area contributed by atoms with Crippen molar-refractivity contribution in [3.63, 3.8) is 0 Å². The van der Waals surface area contributed by atoms with Crippen LogP contribution in [0.4, 0.5) is 5.69 Å². The number of nitrogens with zero attached hydrogens (tertiary/aromatic N) is 1. The Morgan fingerprint density at radius 1 is 1.56 bits per heavy atom. The van der Waals surface area contributed by atoms with Crippen LogP contribution in [-0.4, -0.2) is 23.4 Å². The first-order valence-corrected chi connectivity index (χ1v) is 5.74. The average Bonchev–Trinajstić information content (AvgIpc) is 2.35. The van der Waals surface area contributed by atoms with Gasteiger partial charge in [-0.15, -0.1) is 0 Å². The third-order valence-corrected chi connectivity index (χ3v) is 2.71. The predicted molar refractivity (Wildman–Crippen MR) is 68.4 cm³/mol.